The van der Waals surface area contributed by atoms with Gasteiger partial charge in [0.05, 0.1) is 5.69 Å². The summed E-state index contributed by atoms with van der Waals surface area (Å²) in [4.78, 5) is 39.3. The van der Waals surface area contributed by atoms with E-state index in [2.05, 4.69) is 4.98 Å². The topological polar surface area (TPSA) is 87.6 Å². The molecule has 0 spiro atoms. The number of imide groups is 1. The van der Waals surface area contributed by atoms with E-state index in [1.807, 2.05) is 0 Å². The molecule has 102 valence electrons. The van der Waals surface area contributed by atoms with Gasteiger partial charge in [-0.1, -0.05) is 6.92 Å². The summed E-state index contributed by atoms with van der Waals surface area (Å²) in [6.45, 7) is 1.72. The first-order valence-corrected chi connectivity index (χ1v) is 6.90. The van der Waals surface area contributed by atoms with Crippen molar-refractivity contribution < 1.29 is 19.5 Å². The van der Waals surface area contributed by atoms with Crippen LogP contribution in [-0.4, -0.2) is 27.9 Å². The SMILES string of the molecule is CC1CC(=O)N(c2nc(CCCC(=O)O)cs2)C1=O. The molecule has 19 heavy (non-hydrogen) atoms. The van der Waals surface area contributed by atoms with E-state index >= 15 is 0 Å². The minimum Gasteiger partial charge on any atom is -0.481 e. The molecule has 1 unspecified atom stereocenters. The third kappa shape index (κ3) is 2.98. The Hall–Kier alpha value is -1.76. The molecule has 1 aromatic rings. The van der Waals surface area contributed by atoms with E-state index in [1.165, 1.54) is 11.3 Å². The van der Waals surface area contributed by atoms with Crippen LogP contribution in [0.25, 0.3) is 0 Å². The maximum Gasteiger partial charge on any atom is 0.303 e. The summed E-state index contributed by atoms with van der Waals surface area (Å²) in [5.41, 5.74) is 0.724. The molecule has 0 bridgehead atoms. The van der Waals surface area contributed by atoms with Gasteiger partial charge in [-0.3, -0.25) is 14.4 Å². The highest BCUT2D eigenvalue weighted by Gasteiger charge is 2.38. The summed E-state index contributed by atoms with van der Waals surface area (Å²) in [5.74, 6) is -1.55. The first-order valence-electron chi connectivity index (χ1n) is 6.02. The number of carboxylic acid groups (broad SMARTS) is 1. The van der Waals surface area contributed by atoms with Crippen molar-refractivity contribution in [3.8, 4) is 0 Å². The van der Waals surface area contributed by atoms with Crippen LogP contribution in [0, 0.1) is 5.92 Å². The Bertz CT molecular complexity index is 526. The smallest absolute Gasteiger partial charge is 0.303 e. The van der Waals surface area contributed by atoms with Gasteiger partial charge in [0.2, 0.25) is 11.8 Å². The Balaban J connectivity index is 2.03. The van der Waals surface area contributed by atoms with Crippen molar-refractivity contribution in [1.29, 1.82) is 0 Å². The van der Waals surface area contributed by atoms with Crippen LogP contribution < -0.4 is 4.90 Å². The van der Waals surface area contributed by atoms with Gasteiger partial charge in [0.1, 0.15) is 0 Å². The second kappa shape index (κ2) is 5.48. The molecular formula is C12H14N2O4S. The second-order valence-electron chi connectivity index (χ2n) is 4.54. The van der Waals surface area contributed by atoms with E-state index < -0.39 is 5.97 Å². The number of aryl methyl sites for hydroxylation is 1. The number of hydrogen-bond donors (Lipinski definition) is 1. The second-order valence-corrected chi connectivity index (χ2v) is 5.38. The lowest BCUT2D eigenvalue weighted by molar-refractivity contribution is -0.137. The highest BCUT2D eigenvalue weighted by molar-refractivity contribution is 7.14. The number of aromatic nitrogens is 1. The molecule has 1 aliphatic rings. The number of thiazole rings is 1. The van der Waals surface area contributed by atoms with E-state index in [0.717, 1.165) is 10.6 Å². The maximum absolute atomic E-state index is 11.8. The van der Waals surface area contributed by atoms with Crippen molar-refractivity contribution in [2.24, 2.45) is 5.92 Å². The Morgan fingerprint density at radius 3 is 2.89 bits per heavy atom. The lowest BCUT2D eigenvalue weighted by Crippen LogP contribution is -2.29. The quantitative estimate of drug-likeness (QED) is 0.826. The molecular weight excluding hydrogens is 268 g/mol. The number of aliphatic carboxylic acids is 1. The number of hydrogen-bond acceptors (Lipinski definition) is 5. The average molecular weight is 282 g/mol. The molecule has 2 heterocycles. The van der Waals surface area contributed by atoms with Crippen molar-refractivity contribution in [2.45, 2.75) is 32.6 Å². The third-order valence-corrected chi connectivity index (χ3v) is 3.80. The van der Waals surface area contributed by atoms with Gasteiger partial charge in [-0.25, -0.2) is 9.88 Å². The fourth-order valence-corrected chi connectivity index (χ4v) is 2.80. The molecule has 2 rings (SSSR count). The van der Waals surface area contributed by atoms with Gasteiger partial charge in [-0.2, -0.15) is 0 Å². The van der Waals surface area contributed by atoms with Gasteiger partial charge < -0.3 is 5.11 Å². The van der Waals surface area contributed by atoms with E-state index in [4.69, 9.17) is 5.11 Å². The summed E-state index contributed by atoms with van der Waals surface area (Å²) in [6, 6.07) is 0. The van der Waals surface area contributed by atoms with E-state index in [9.17, 15) is 14.4 Å². The predicted octanol–water partition coefficient (Wildman–Crippen LogP) is 1.45. The molecule has 1 saturated heterocycles. The highest BCUT2D eigenvalue weighted by atomic mass is 32.1. The molecule has 0 aromatic carbocycles. The summed E-state index contributed by atoms with van der Waals surface area (Å²) in [7, 11) is 0. The minimum absolute atomic E-state index is 0.0888. The zero-order valence-corrected chi connectivity index (χ0v) is 11.3. The molecule has 2 amide bonds. The molecule has 1 aromatic heterocycles. The molecule has 7 heteroatoms. The Kier molecular flexibility index (Phi) is 3.94. The number of carbonyl (C=O) groups excluding carboxylic acids is 2. The standard InChI is InChI=1S/C12H14N2O4S/c1-7-5-9(15)14(11(7)18)12-13-8(6-19-12)3-2-4-10(16)17/h6-7H,2-5H2,1H3,(H,16,17). The predicted molar refractivity (Wildman–Crippen MR) is 69.0 cm³/mol. The van der Waals surface area contributed by atoms with Crippen molar-refractivity contribution in [1.82, 2.24) is 4.98 Å². The average Bonchev–Trinajstić information content (AvgIpc) is 2.85. The van der Waals surface area contributed by atoms with Crippen LogP contribution in [0.3, 0.4) is 0 Å². The molecule has 0 radical (unpaired) electrons. The van der Waals surface area contributed by atoms with Crippen LogP contribution in [0.4, 0.5) is 5.13 Å². The van der Waals surface area contributed by atoms with Gasteiger partial charge in [0.15, 0.2) is 5.13 Å². The molecule has 1 atom stereocenters. The number of nitrogens with zero attached hydrogens (tertiary/aromatic N) is 2. The van der Waals surface area contributed by atoms with Gasteiger partial charge in [0, 0.05) is 24.1 Å². The lowest BCUT2D eigenvalue weighted by atomic mass is 10.1. The monoisotopic (exact) mass is 282 g/mol. The summed E-state index contributed by atoms with van der Waals surface area (Å²) in [6.07, 6.45) is 1.35. The van der Waals surface area contributed by atoms with E-state index in [-0.39, 0.29) is 30.6 Å². The number of rotatable bonds is 5. The number of anilines is 1. The molecule has 6 nitrogen and oxygen atoms in total. The molecule has 1 aliphatic heterocycles. The zero-order valence-electron chi connectivity index (χ0n) is 10.5. The first-order chi connectivity index (χ1) is 8.99. The van der Waals surface area contributed by atoms with Crippen LogP contribution in [0.1, 0.15) is 31.9 Å². The summed E-state index contributed by atoms with van der Waals surface area (Å²) in [5, 5.41) is 10.7. The van der Waals surface area contributed by atoms with Gasteiger partial charge in [0.25, 0.3) is 0 Å². The molecule has 1 fully saturated rings. The van der Waals surface area contributed by atoms with Crippen molar-refractivity contribution >= 4 is 34.3 Å². The van der Waals surface area contributed by atoms with Gasteiger partial charge in [-0.15, -0.1) is 11.3 Å². The van der Waals surface area contributed by atoms with E-state index in [0.29, 0.717) is 18.0 Å². The maximum atomic E-state index is 11.8. The minimum atomic E-state index is -0.839. The molecule has 0 aliphatic carbocycles. The number of amides is 2. The van der Waals surface area contributed by atoms with Gasteiger partial charge >= 0.3 is 5.97 Å². The van der Waals surface area contributed by atoms with Crippen LogP contribution in [0.5, 0.6) is 0 Å². The van der Waals surface area contributed by atoms with Crippen LogP contribution in [0.15, 0.2) is 5.38 Å². The molecule has 0 saturated carbocycles. The van der Waals surface area contributed by atoms with Crippen LogP contribution >= 0.6 is 11.3 Å². The molecule has 1 N–H and O–H groups in total. The zero-order chi connectivity index (χ0) is 14.0. The largest absolute Gasteiger partial charge is 0.481 e. The van der Waals surface area contributed by atoms with Crippen LogP contribution in [0.2, 0.25) is 0 Å². The van der Waals surface area contributed by atoms with Crippen molar-refractivity contribution in [3.05, 3.63) is 11.1 Å². The Morgan fingerprint density at radius 1 is 1.58 bits per heavy atom. The Labute approximate surface area is 114 Å². The van der Waals surface area contributed by atoms with Crippen LogP contribution in [-0.2, 0) is 20.8 Å². The third-order valence-electron chi connectivity index (χ3n) is 2.93. The normalized spacial score (nSPS) is 19.2. The fourth-order valence-electron chi connectivity index (χ4n) is 1.92. The van der Waals surface area contributed by atoms with E-state index in [1.54, 1.807) is 12.3 Å². The van der Waals surface area contributed by atoms with Crippen molar-refractivity contribution in [2.75, 3.05) is 4.90 Å². The number of carbonyl (C=O) groups is 3. The first kappa shape index (κ1) is 13.7. The summed E-state index contributed by atoms with van der Waals surface area (Å²) < 4.78 is 0. The fraction of sp³-hybridized carbons (Fsp3) is 0.500. The number of carboxylic acids is 1. The Morgan fingerprint density at radius 2 is 2.32 bits per heavy atom. The van der Waals surface area contributed by atoms with Crippen molar-refractivity contribution in [3.63, 3.8) is 0 Å². The summed E-state index contributed by atoms with van der Waals surface area (Å²) >= 11 is 1.24. The highest BCUT2D eigenvalue weighted by Crippen LogP contribution is 2.29. The van der Waals surface area contributed by atoms with Gasteiger partial charge in [-0.05, 0) is 12.8 Å². The lowest BCUT2D eigenvalue weighted by Gasteiger charge is -2.09.